The van der Waals surface area contributed by atoms with E-state index in [0.717, 1.165) is 16.8 Å². The van der Waals surface area contributed by atoms with Crippen LogP contribution in [0.1, 0.15) is 34.8 Å². The molecule has 0 saturated carbocycles. The molecule has 0 bridgehead atoms. The molecular formula is C21H26N2O4S. The van der Waals surface area contributed by atoms with Gasteiger partial charge in [0.05, 0.1) is 22.8 Å². The van der Waals surface area contributed by atoms with E-state index in [4.69, 9.17) is 0 Å². The highest BCUT2D eigenvalue weighted by molar-refractivity contribution is 7.91. The van der Waals surface area contributed by atoms with Gasteiger partial charge in [0.15, 0.2) is 9.84 Å². The van der Waals surface area contributed by atoms with Crippen LogP contribution in [0.4, 0.5) is 5.69 Å². The van der Waals surface area contributed by atoms with Crippen LogP contribution < -0.4 is 5.32 Å². The predicted molar refractivity (Wildman–Crippen MR) is 110 cm³/mol. The number of aryl methyl sites for hydroxylation is 2. The molecule has 2 amide bonds. The van der Waals surface area contributed by atoms with Crippen molar-refractivity contribution in [2.45, 2.75) is 32.1 Å². The topological polar surface area (TPSA) is 83.6 Å². The number of para-hydroxylation sites is 1. The van der Waals surface area contributed by atoms with Gasteiger partial charge in [-0.15, -0.1) is 0 Å². The highest BCUT2D eigenvalue weighted by Crippen LogP contribution is 2.21. The molecule has 7 heteroatoms. The van der Waals surface area contributed by atoms with Crippen molar-refractivity contribution in [2.24, 2.45) is 0 Å². The number of sulfone groups is 1. The zero-order chi connectivity index (χ0) is 20.9. The minimum atomic E-state index is -3.56. The largest absolute Gasteiger partial charge is 0.332 e. The SMILES string of the molecule is CCCS(=O)(=O)c1ccccc1C(=O)N(C)CC(=O)Nc1c(C)cccc1C. The number of nitrogens with zero attached hydrogens (tertiary/aromatic N) is 1. The number of hydrogen-bond acceptors (Lipinski definition) is 4. The van der Waals surface area contributed by atoms with E-state index in [1.165, 1.54) is 24.1 Å². The van der Waals surface area contributed by atoms with E-state index in [-0.39, 0.29) is 28.7 Å². The van der Waals surface area contributed by atoms with Gasteiger partial charge in [0.25, 0.3) is 5.91 Å². The summed E-state index contributed by atoms with van der Waals surface area (Å²) in [5.41, 5.74) is 2.66. The Kier molecular flexibility index (Phi) is 6.96. The van der Waals surface area contributed by atoms with Crippen molar-refractivity contribution in [1.29, 1.82) is 0 Å². The lowest BCUT2D eigenvalue weighted by Crippen LogP contribution is -2.35. The summed E-state index contributed by atoms with van der Waals surface area (Å²) in [5, 5.41) is 2.83. The first-order chi connectivity index (χ1) is 13.2. The summed E-state index contributed by atoms with van der Waals surface area (Å²) in [6, 6.07) is 11.8. The molecule has 0 aromatic heterocycles. The zero-order valence-corrected chi connectivity index (χ0v) is 17.5. The van der Waals surface area contributed by atoms with Crippen molar-refractivity contribution in [1.82, 2.24) is 4.90 Å². The van der Waals surface area contributed by atoms with Crippen LogP contribution in [0, 0.1) is 13.8 Å². The number of likely N-dealkylation sites (N-methyl/N-ethyl adjacent to an activating group) is 1. The Morgan fingerprint density at radius 1 is 1.00 bits per heavy atom. The van der Waals surface area contributed by atoms with E-state index in [9.17, 15) is 18.0 Å². The molecule has 0 fully saturated rings. The predicted octanol–water partition coefficient (Wildman–Crippen LogP) is 3.20. The van der Waals surface area contributed by atoms with Crippen molar-refractivity contribution in [3.63, 3.8) is 0 Å². The van der Waals surface area contributed by atoms with E-state index in [1.807, 2.05) is 32.0 Å². The fourth-order valence-electron chi connectivity index (χ4n) is 2.98. The van der Waals surface area contributed by atoms with Gasteiger partial charge in [-0.1, -0.05) is 37.3 Å². The van der Waals surface area contributed by atoms with Gasteiger partial charge >= 0.3 is 0 Å². The zero-order valence-electron chi connectivity index (χ0n) is 16.7. The Hall–Kier alpha value is -2.67. The molecule has 1 N–H and O–H groups in total. The van der Waals surface area contributed by atoms with Crippen LogP contribution >= 0.6 is 0 Å². The molecule has 0 aliphatic carbocycles. The third-order valence-corrected chi connectivity index (χ3v) is 6.37. The molecule has 0 aliphatic rings. The molecule has 28 heavy (non-hydrogen) atoms. The van der Waals surface area contributed by atoms with Crippen LogP contribution in [0.3, 0.4) is 0 Å². The average molecular weight is 403 g/mol. The van der Waals surface area contributed by atoms with Crippen LogP contribution in [0.2, 0.25) is 0 Å². The van der Waals surface area contributed by atoms with E-state index < -0.39 is 15.7 Å². The van der Waals surface area contributed by atoms with Gasteiger partial charge in [-0.2, -0.15) is 0 Å². The molecular weight excluding hydrogens is 376 g/mol. The van der Waals surface area contributed by atoms with Gasteiger partial charge in [0, 0.05) is 12.7 Å². The number of anilines is 1. The third-order valence-electron chi connectivity index (χ3n) is 4.40. The number of carbonyl (C=O) groups excluding carboxylic acids is 2. The molecule has 0 unspecified atom stereocenters. The van der Waals surface area contributed by atoms with Crippen LogP contribution in [0.15, 0.2) is 47.4 Å². The summed E-state index contributed by atoms with van der Waals surface area (Å²) < 4.78 is 24.9. The number of hydrogen-bond donors (Lipinski definition) is 1. The lowest BCUT2D eigenvalue weighted by atomic mass is 10.1. The Morgan fingerprint density at radius 3 is 2.21 bits per heavy atom. The molecule has 0 saturated heterocycles. The highest BCUT2D eigenvalue weighted by Gasteiger charge is 2.24. The number of carbonyl (C=O) groups is 2. The fourth-order valence-corrected chi connectivity index (χ4v) is 4.51. The quantitative estimate of drug-likeness (QED) is 0.771. The van der Waals surface area contributed by atoms with E-state index in [1.54, 1.807) is 19.1 Å². The van der Waals surface area contributed by atoms with Crippen LogP contribution in [0.25, 0.3) is 0 Å². The maximum Gasteiger partial charge on any atom is 0.255 e. The highest BCUT2D eigenvalue weighted by atomic mass is 32.2. The van der Waals surface area contributed by atoms with E-state index in [2.05, 4.69) is 5.32 Å². The van der Waals surface area contributed by atoms with Crippen molar-refractivity contribution >= 4 is 27.3 Å². The molecule has 0 aliphatic heterocycles. The minimum Gasteiger partial charge on any atom is -0.332 e. The Morgan fingerprint density at radius 2 is 1.61 bits per heavy atom. The summed E-state index contributed by atoms with van der Waals surface area (Å²) in [6.07, 6.45) is 0.457. The maximum atomic E-state index is 12.8. The summed E-state index contributed by atoms with van der Waals surface area (Å²) >= 11 is 0. The van der Waals surface area contributed by atoms with Gasteiger partial charge in [0.2, 0.25) is 5.91 Å². The summed E-state index contributed by atoms with van der Waals surface area (Å²) in [7, 11) is -2.07. The smallest absolute Gasteiger partial charge is 0.255 e. The lowest BCUT2D eigenvalue weighted by molar-refractivity contribution is -0.116. The van der Waals surface area contributed by atoms with Gasteiger partial charge in [0.1, 0.15) is 0 Å². The Labute approximate surface area is 166 Å². The van der Waals surface area contributed by atoms with Crippen LogP contribution in [-0.4, -0.2) is 44.5 Å². The maximum absolute atomic E-state index is 12.8. The molecule has 2 aromatic carbocycles. The van der Waals surface area contributed by atoms with Crippen molar-refractivity contribution in [2.75, 3.05) is 24.7 Å². The fraction of sp³-hybridized carbons (Fsp3) is 0.333. The van der Waals surface area contributed by atoms with Gasteiger partial charge in [-0.25, -0.2) is 8.42 Å². The molecule has 6 nitrogen and oxygen atoms in total. The van der Waals surface area contributed by atoms with E-state index in [0.29, 0.717) is 6.42 Å². The summed E-state index contributed by atoms with van der Waals surface area (Å²) in [4.78, 5) is 26.5. The molecule has 0 spiro atoms. The molecule has 2 aromatic rings. The van der Waals surface area contributed by atoms with Crippen LogP contribution in [0.5, 0.6) is 0 Å². The third kappa shape index (κ3) is 4.98. The Bertz CT molecular complexity index is 963. The normalized spacial score (nSPS) is 11.1. The number of benzene rings is 2. The standard InChI is InChI=1S/C21H26N2O4S/c1-5-13-28(26,27)18-12-7-6-11-17(18)21(25)23(4)14-19(24)22-20-15(2)9-8-10-16(20)3/h6-12H,5,13-14H2,1-4H3,(H,22,24). The molecule has 0 heterocycles. The van der Waals surface area contributed by atoms with Gasteiger partial charge in [-0.05, 0) is 43.5 Å². The Balaban J connectivity index is 2.19. The van der Waals surface area contributed by atoms with Crippen molar-refractivity contribution in [3.05, 3.63) is 59.2 Å². The second-order valence-electron chi connectivity index (χ2n) is 6.79. The first-order valence-corrected chi connectivity index (χ1v) is 10.8. The monoisotopic (exact) mass is 402 g/mol. The first kappa shape index (κ1) is 21.6. The lowest BCUT2D eigenvalue weighted by Gasteiger charge is -2.19. The van der Waals surface area contributed by atoms with Crippen molar-refractivity contribution < 1.29 is 18.0 Å². The second-order valence-corrected chi connectivity index (χ2v) is 8.87. The molecule has 150 valence electrons. The van der Waals surface area contributed by atoms with Gasteiger partial charge in [-0.3, -0.25) is 9.59 Å². The molecule has 2 rings (SSSR count). The van der Waals surface area contributed by atoms with Gasteiger partial charge < -0.3 is 10.2 Å². The minimum absolute atomic E-state index is 0.00357. The number of amides is 2. The number of nitrogens with one attached hydrogen (secondary N) is 1. The second kappa shape index (κ2) is 9.01. The molecule has 0 radical (unpaired) electrons. The summed E-state index contributed by atoms with van der Waals surface area (Å²) in [6.45, 7) is 5.37. The first-order valence-electron chi connectivity index (χ1n) is 9.10. The van der Waals surface area contributed by atoms with E-state index >= 15 is 0 Å². The average Bonchev–Trinajstić information content (AvgIpc) is 2.64. The summed E-state index contributed by atoms with van der Waals surface area (Å²) in [5.74, 6) is -0.886. The number of rotatable bonds is 7. The van der Waals surface area contributed by atoms with Crippen LogP contribution in [-0.2, 0) is 14.6 Å². The molecule has 0 atom stereocenters. The van der Waals surface area contributed by atoms with Crippen molar-refractivity contribution in [3.8, 4) is 0 Å².